The van der Waals surface area contributed by atoms with E-state index in [0.717, 1.165) is 32.1 Å². The summed E-state index contributed by atoms with van der Waals surface area (Å²) in [5.41, 5.74) is 0.0353. The van der Waals surface area contributed by atoms with Gasteiger partial charge in [0.15, 0.2) is 0 Å². The van der Waals surface area contributed by atoms with Gasteiger partial charge >= 0.3 is 0 Å². The lowest BCUT2D eigenvalue weighted by Crippen LogP contribution is -2.41. The van der Waals surface area contributed by atoms with Crippen molar-refractivity contribution < 1.29 is 9.84 Å². The second kappa shape index (κ2) is 5.48. The third-order valence-electron chi connectivity index (χ3n) is 4.19. The van der Waals surface area contributed by atoms with Gasteiger partial charge in [-0.15, -0.1) is 0 Å². The monoisotopic (exact) mass is 227 g/mol. The van der Waals surface area contributed by atoms with E-state index in [4.69, 9.17) is 4.74 Å². The maximum absolute atomic E-state index is 9.56. The molecule has 0 aromatic heterocycles. The molecule has 2 unspecified atom stereocenters. The van der Waals surface area contributed by atoms with Crippen LogP contribution in [0.1, 0.15) is 32.6 Å². The lowest BCUT2D eigenvalue weighted by Gasteiger charge is -2.32. The van der Waals surface area contributed by atoms with E-state index in [0.29, 0.717) is 0 Å². The predicted octanol–water partition coefficient (Wildman–Crippen LogP) is 1.51. The Bertz CT molecular complexity index is 214. The molecule has 2 saturated heterocycles. The highest BCUT2D eigenvalue weighted by Crippen LogP contribution is 2.30. The Morgan fingerprint density at radius 2 is 2.25 bits per heavy atom. The highest BCUT2D eigenvalue weighted by molar-refractivity contribution is 4.86. The van der Waals surface area contributed by atoms with Crippen LogP contribution in [-0.4, -0.2) is 49.5 Å². The van der Waals surface area contributed by atoms with Gasteiger partial charge in [-0.2, -0.15) is 0 Å². The first-order valence-corrected chi connectivity index (χ1v) is 6.65. The van der Waals surface area contributed by atoms with Crippen molar-refractivity contribution in [3.8, 4) is 0 Å². The SMILES string of the molecule is CC1CCCN(CC2(CO)CCOC2)CC1. The Balaban J connectivity index is 1.87. The average Bonchev–Trinajstić information content (AvgIpc) is 2.66. The molecule has 2 fully saturated rings. The van der Waals surface area contributed by atoms with E-state index in [9.17, 15) is 5.11 Å². The van der Waals surface area contributed by atoms with Crippen LogP contribution in [0.2, 0.25) is 0 Å². The standard InChI is InChI=1S/C13H25NO2/c1-12-3-2-6-14(7-4-12)9-13(10-15)5-8-16-11-13/h12,15H,2-11H2,1H3. The summed E-state index contributed by atoms with van der Waals surface area (Å²) >= 11 is 0. The van der Waals surface area contributed by atoms with Crippen molar-refractivity contribution in [3.63, 3.8) is 0 Å². The van der Waals surface area contributed by atoms with Gasteiger partial charge in [0.25, 0.3) is 0 Å². The Hall–Kier alpha value is -0.120. The van der Waals surface area contributed by atoms with Crippen LogP contribution in [0, 0.1) is 11.3 Å². The number of hydrogen-bond acceptors (Lipinski definition) is 3. The molecule has 0 spiro atoms. The molecule has 0 bridgehead atoms. The van der Waals surface area contributed by atoms with Crippen LogP contribution in [0.25, 0.3) is 0 Å². The number of hydrogen-bond donors (Lipinski definition) is 1. The van der Waals surface area contributed by atoms with Gasteiger partial charge in [0.2, 0.25) is 0 Å². The number of ether oxygens (including phenoxy) is 1. The van der Waals surface area contributed by atoms with E-state index in [-0.39, 0.29) is 12.0 Å². The lowest BCUT2D eigenvalue weighted by molar-refractivity contribution is 0.0575. The van der Waals surface area contributed by atoms with Crippen molar-refractivity contribution in [1.82, 2.24) is 4.90 Å². The van der Waals surface area contributed by atoms with Crippen LogP contribution < -0.4 is 0 Å². The second-order valence-electron chi connectivity index (χ2n) is 5.77. The summed E-state index contributed by atoms with van der Waals surface area (Å²) in [5.74, 6) is 0.870. The summed E-state index contributed by atoms with van der Waals surface area (Å²) in [6.07, 6.45) is 5.00. The molecule has 2 heterocycles. The maximum Gasteiger partial charge on any atom is 0.0557 e. The van der Waals surface area contributed by atoms with Crippen molar-refractivity contribution in [1.29, 1.82) is 0 Å². The summed E-state index contributed by atoms with van der Waals surface area (Å²) in [7, 11) is 0. The largest absolute Gasteiger partial charge is 0.396 e. The quantitative estimate of drug-likeness (QED) is 0.793. The Morgan fingerprint density at radius 3 is 2.94 bits per heavy atom. The molecule has 0 aromatic carbocycles. The van der Waals surface area contributed by atoms with Crippen LogP contribution in [0.15, 0.2) is 0 Å². The van der Waals surface area contributed by atoms with Crippen molar-refractivity contribution in [2.75, 3.05) is 39.5 Å². The molecule has 2 rings (SSSR count). The Labute approximate surface area is 98.8 Å². The molecular formula is C13H25NO2. The number of nitrogens with zero attached hydrogens (tertiary/aromatic N) is 1. The molecule has 1 N–H and O–H groups in total. The van der Waals surface area contributed by atoms with Gasteiger partial charge in [0, 0.05) is 18.6 Å². The summed E-state index contributed by atoms with van der Waals surface area (Å²) in [6.45, 7) is 7.62. The summed E-state index contributed by atoms with van der Waals surface area (Å²) in [6, 6.07) is 0. The van der Waals surface area contributed by atoms with Crippen LogP contribution in [0.3, 0.4) is 0 Å². The molecule has 2 atom stereocenters. The lowest BCUT2D eigenvalue weighted by atomic mass is 9.87. The van der Waals surface area contributed by atoms with E-state index >= 15 is 0 Å². The minimum atomic E-state index is 0.0353. The first-order chi connectivity index (χ1) is 7.74. The van der Waals surface area contributed by atoms with Crippen molar-refractivity contribution in [2.45, 2.75) is 32.6 Å². The number of aliphatic hydroxyl groups is 1. The zero-order valence-corrected chi connectivity index (χ0v) is 10.5. The van der Waals surface area contributed by atoms with Crippen LogP contribution in [0.5, 0.6) is 0 Å². The summed E-state index contributed by atoms with van der Waals surface area (Å²) in [4.78, 5) is 2.54. The Morgan fingerprint density at radius 1 is 1.38 bits per heavy atom. The number of likely N-dealkylation sites (tertiary alicyclic amines) is 1. The molecule has 3 heteroatoms. The second-order valence-corrected chi connectivity index (χ2v) is 5.77. The fourth-order valence-electron chi connectivity index (χ4n) is 2.90. The molecule has 94 valence electrons. The fraction of sp³-hybridized carbons (Fsp3) is 1.00. The third kappa shape index (κ3) is 2.96. The zero-order valence-electron chi connectivity index (χ0n) is 10.5. The molecule has 0 radical (unpaired) electrons. The van der Waals surface area contributed by atoms with Gasteiger partial charge < -0.3 is 14.7 Å². The van der Waals surface area contributed by atoms with Gasteiger partial charge in [0.1, 0.15) is 0 Å². The molecule has 0 amide bonds. The minimum absolute atomic E-state index is 0.0353. The molecule has 16 heavy (non-hydrogen) atoms. The van der Waals surface area contributed by atoms with Crippen LogP contribution in [-0.2, 0) is 4.74 Å². The van der Waals surface area contributed by atoms with Crippen LogP contribution in [0.4, 0.5) is 0 Å². The maximum atomic E-state index is 9.56. The summed E-state index contributed by atoms with van der Waals surface area (Å²) in [5, 5.41) is 9.56. The predicted molar refractivity (Wildman–Crippen MR) is 64.4 cm³/mol. The van der Waals surface area contributed by atoms with Gasteiger partial charge in [-0.25, -0.2) is 0 Å². The average molecular weight is 227 g/mol. The molecular weight excluding hydrogens is 202 g/mol. The van der Waals surface area contributed by atoms with Crippen molar-refractivity contribution in [3.05, 3.63) is 0 Å². The zero-order chi connectivity index (χ0) is 11.4. The normalized spacial score (nSPS) is 37.5. The van der Waals surface area contributed by atoms with E-state index in [2.05, 4.69) is 11.8 Å². The van der Waals surface area contributed by atoms with Gasteiger partial charge in [-0.3, -0.25) is 0 Å². The first-order valence-electron chi connectivity index (χ1n) is 6.65. The third-order valence-corrected chi connectivity index (χ3v) is 4.19. The Kier molecular flexibility index (Phi) is 4.22. The highest BCUT2D eigenvalue weighted by Gasteiger charge is 2.36. The molecule has 0 aromatic rings. The van der Waals surface area contributed by atoms with E-state index < -0.39 is 0 Å². The number of rotatable bonds is 3. The van der Waals surface area contributed by atoms with E-state index in [1.54, 1.807) is 0 Å². The minimum Gasteiger partial charge on any atom is -0.396 e. The molecule has 3 nitrogen and oxygen atoms in total. The van der Waals surface area contributed by atoms with Crippen molar-refractivity contribution >= 4 is 0 Å². The van der Waals surface area contributed by atoms with Gasteiger partial charge in [0.05, 0.1) is 13.2 Å². The van der Waals surface area contributed by atoms with Gasteiger partial charge in [-0.1, -0.05) is 6.92 Å². The summed E-state index contributed by atoms with van der Waals surface area (Å²) < 4.78 is 5.46. The highest BCUT2D eigenvalue weighted by atomic mass is 16.5. The fourth-order valence-corrected chi connectivity index (χ4v) is 2.90. The molecule has 0 aliphatic carbocycles. The topological polar surface area (TPSA) is 32.7 Å². The van der Waals surface area contributed by atoms with Gasteiger partial charge in [-0.05, 0) is 44.7 Å². The smallest absolute Gasteiger partial charge is 0.0557 e. The number of aliphatic hydroxyl groups excluding tert-OH is 1. The van der Waals surface area contributed by atoms with E-state index in [1.807, 2.05) is 0 Å². The van der Waals surface area contributed by atoms with Crippen molar-refractivity contribution in [2.24, 2.45) is 11.3 Å². The van der Waals surface area contributed by atoms with Crippen LogP contribution >= 0.6 is 0 Å². The molecule has 0 saturated carbocycles. The van der Waals surface area contributed by atoms with E-state index in [1.165, 1.54) is 32.4 Å². The first kappa shape index (κ1) is 12.3. The molecule has 2 aliphatic heterocycles. The molecule has 2 aliphatic rings.